The van der Waals surface area contributed by atoms with E-state index < -0.39 is 0 Å². The van der Waals surface area contributed by atoms with Crippen molar-refractivity contribution in [2.75, 3.05) is 6.61 Å². The molecule has 0 amide bonds. The average Bonchev–Trinajstić information content (AvgIpc) is 2.74. The Morgan fingerprint density at radius 1 is 0.889 bits per heavy atom. The zero-order valence-corrected chi connectivity index (χ0v) is 17.5. The summed E-state index contributed by atoms with van der Waals surface area (Å²) in [6.45, 7) is 7.12. The lowest BCUT2D eigenvalue weighted by Gasteiger charge is -2.37. The Morgan fingerprint density at radius 3 is 2.15 bits per heavy atom. The summed E-state index contributed by atoms with van der Waals surface area (Å²) in [7, 11) is 0. The fraction of sp³-hybridized carbons (Fsp3) is 0.692. The van der Waals surface area contributed by atoms with Crippen LogP contribution in [0.25, 0.3) is 0 Å². The number of ether oxygens (including phenoxy) is 1. The van der Waals surface area contributed by atoms with Crippen LogP contribution in [0.15, 0.2) is 36.9 Å². The van der Waals surface area contributed by atoms with Crippen LogP contribution in [0.4, 0.5) is 0 Å². The van der Waals surface area contributed by atoms with Crippen molar-refractivity contribution in [2.24, 2.45) is 17.8 Å². The van der Waals surface area contributed by atoms with Gasteiger partial charge in [0.15, 0.2) is 0 Å². The van der Waals surface area contributed by atoms with Crippen LogP contribution >= 0.6 is 0 Å². The number of hydrogen-bond acceptors (Lipinski definition) is 1. The van der Waals surface area contributed by atoms with Crippen molar-refractivity contribution in [3.63, 3.8) is 0 Å². The molecule has 2 unspecified atom stereocenters. The SMILES string of the molecule is C=CC1CCC(C2CCC(CCc3ccc(CCCCC)cc3)CC2)CO1. The summed E-state index contributed by atoms with van der Waals surface area (Å²) in [4.78, 5) is 0. The van der Waals surface area contributed by atoms with E-state index in [-0.39, 0.29) is 0 Å². The molecule has 3 rings (SSSR count). The number of unbranched alkanes of at least 4 members (excludes halogenated alkanes) is 2. The summed E-state index contributed by atoms with van der Waals surface area (Å²) in [6.07, 6.45) is 18.4. The van der Waals surface area contributed by atoms with Crippen LogP contribution in [0.5, 0.6) is 0 Å². The molecule has 150 valence electrons. The molecule has 1 heteroatoms. The topological polar surface area (TPSA) is 9.23 Å². The largest absolute Gasteiger partial charge is 0.374 e. The Balaban J connectivity index is 1.34. The molecule has 2 atom stereocenters. The maximum Gasteiger partial charge on any atom is 0.0753 e. The van der Waals surface area contributed by atoms with Gasteiger partial charge in [0.2, 0.25) is 0 Å². The van der Waals surface area contributed by atoms with Crippen molar-refractivity contribution < 1.29 is 4.74 Å². The highest BCUT2D eigenvalue weighted by molar-refractivity contribution is 5.22. The minimum atomic E-state index is 0.315. The monoisotopic (exact) mass is 368 g/mol. The lowest BCUT2D eigenvalue weighted by atomic mass is 9.72. The number of hydrogen-bond donors (Lipinski definition) is 0. The van der Waals surface area contributed by atoms with Gasteiger partial charge in [-0.25, -0.2) is 0 Å². The van der Waals surface area contributed by atoms with Crippen LogP contribution in [0.2, 0.25) is 0 Å². The Labute approximate surface area is 167 Å². The van der Waals surface area contributed by atoms with E-state index >= 15 is 0 Å². The van der Waals surface area contributed by atoms with E-state index in [9.17, 15) is 0 Å². The van der Waals surface area contributed by atoms with Gasteiger partial charge in [0, 0.05) is 0 Å². The van der Waals surface area contributed by atoms with Gasteiger partial charge in [-0.2, -0.15) is 0 Å². The Morgan fingerprint density at radius 2 is 1.56 bits per heavy atom. The Bertz CT molecular complexity index is 530. The zero-order valence-electron chi connectivity index (χ0n) is 17.5. The molecule has 1 aliphatic heterocycles. The van der Waals surface area contributed by atoms with Crippen LogP contribution in [0, 0.1) is 17.8 Å². The van der Waals surface area contributed by atoms with Crippen molar-refractivity contribution in [1.29, 1.82) is 0 Å². The van der Waals surface area contributed by atoms with Crippen LogP contribution in [0.3, 0.4) is 0 Å². The fourth-order valence-electron chi connectivity index (χ4n) is 5.12. The normalized spacial score (nSPS) is 28.8. The first-order valence-corrected chi connectivity index (χ1v) is 11.6. The van der Waals surface area contributed by atoms with Gasteiger partial charge in [0.1, 0.15) is 0 Å². The zero-order chi connectivity index (χ0) is 18.9. The maximum atomic E-state index is 5.95. The quantitative estimate of drug-likeness (QED) is 0.332. The predicted molar refractivity (Wildman–Crippen MR) is 116 cm³/mol. The molecule has 1 saturated carbocycles. The van der Waals surface area contributed by atoms with Crippen LogP contribution in [-0.2, 0) is 17.6 Å². The lowest BCUT2D eigenvalue weighted by molar-refractivity contribution is -0.0166. The van der Waals surface area contributed by atoms with Crippen molar-refractivity contribution in [1.82, 2.24) is 0 Å². The third-order valence-electron chi connectivity index (χ3n) is 7.10. The molecule has 0 N–H and O–H groups in total. The molecule has 0 radical (unpaired) electrons. The smallest absolute Gasteiger partial charge is 0.0753 e. The first kappa shape index (κ1) is 20.6. The van der Waals surface area contributed by atoms with Crippen molar-refractivity contribution in [2.45, 2.75) is 90.1 Å². The average molecular weight is 369 g/mol. The Kier molecular flexibility index (Phi) is 8.45. The molecule has 0 aromatic heterocycles. The van der Waals surface area contributed by atoms with Gasteiger partial charge in [-0.3, -0.25) is 0 Å². The molecule has 1 heterocycles. The van der Waals surface area contributed by atoms with Gasteiger partial charge < -0.3 is 4.74 Å². The first-order valence-electron chi connectivity index (χ1n) is 11.6. The van der Waals surface area contributed by atoms with Crippen molar-refractivity contribution in [3.8, 4) is 0 Å². The van der Waals surface area contributed by atoms with E-state index in [4.69, 9.17) is 4.74 Å². The minimum absolute atomic E-state index is 0.315. The van der Waals surface area contributed by atoms with Crippen molar-refractivity contribution >= 4 is 0 Å². The highest BCUT2D eigenvalue weighted by Crippen LogP contribution is 2.39. The molecule has 0 spiro atoms. The maximum absolute atomic E-state index is 5.95. The van der Waals surface area contributed by atoms with Crippen molar-refractivity contribution in [3.05, 3.63) is 48.0 Å². The molecule has 0 bridgehead atoms. The first-order chi connectivity index (χ1) is 13.3. The van der Waals surface area contributed by atoms with E-state index in [1.807, 2.05) is 6.08 Å². The molecule has 1 aliphatic carbocycles. The third-order valence-corrected chi connectivity index (χ3v) is 7.10. The molecule has 1 saturated heterocycles. The minimum Gasteiger partial charge on any atom is -0.374 e. The summed E-state index contributed by atoms with van der Waals surface area (Å²) in [6, 6.07) is 9.48. The summed E-state index contributed by atoms with van der Waals surface area (Å²) >= 11 is 0. The summed E-state index contributed by atoms with van der Waals surface area (Å²) in [5.74, 6) is 2.66. The van der Waals surface area contributed by atoms with Gasteiger partial charge in [-0.05, 0) is 80.2 Å². The number of aryl methyl sites for hydroxylation is 2. The molecular formula is C26H40O. The lowest BCUT2D eigenvalue weighted by Crippen LogP contribution is -2.31. The molecule has 2 aliphatic rings. The molecule has 1 nitrogen and oxygen atoms in total. The summed E-state index contributed by atoms with van der Waals surface area (Å²) in [5, 5.41) is 0. The van der Waals surface area contributed by atoms with Gasteiger partial charge in [0.05, 0.1) is 12.7 Å². The second-order valence-corrected chi connectivity index (χ2v) is 9.04. The summed E-state index contributed by atoms with van der Waals surface area (Å²) in [5.41, 5.74) is 3.05. The van der Waals surface area contributed by atoms with Crippen LogP contribution in [0.1, 0.15) is 82.3 Å². The Hall–Kier alpha value is -1.08. The second-order valence-electron chi connectivity index (χ2n) is 9.04. The highest BCUT2D eigenvalue weighted by atomic mass is 16.5. The van der Waals surface area contributed by atoms with E-state index in [1.54, 1.807) is 0 Å². The summed E-state index contributed by atoms with van der Waals surface area (Å²) < 4.78 is 5.95. The molecule has 2 fully saturated rings. The predicted octanol–water partition coefficient (Wildman–Crippen LogP) is 7.14. The highest BCUT2D eigenvalue weighted by Gasteiger charge is 2.30. The van der Waals surface area contributed by atoms with E-state index in [0.717, 1.165) is 24.4 Å². The van der Waals surface area contributed by atoms with Gasteiger partial charge >= 0.3 is 0 Å². The molecule has 1 aromatic carbocycles. The molecule has 27 heavy (non-hydrogen) atoms. The number of rotatable bonds is 9. The fourth-order valence-corrected chi connectivity index (χ4v) is 5.12. The van der Waals surface area contributed by atoms with Gasteiger partial charge in [-0.15, -0.1) is 6.58 Å². The van der Waals surface area contributed by atoms with E-state index in [0.29, 0.717) is 6.10 Å². The van der Waals surface area contributed by atoms with E-state index in [2.05, 4.69) is 37.8 Å². The van der Waals surface area contributed by atoms with Crippen LogP contribution in [-0.4, -0.2) is 12.7 Å². The molecule has 1 aromatic rings. The standard InChI is InChI=1S/C26H40O/c1-3-5-6-7-21-8-10-22(11-9-21)12-13-23-14-16-24(17-15-23)25-18-19-26(4-2)27-20-25/h4,8-11,23-26H,2-3,5-7,12-20H2,1H3. The third kappa shape index (κ3) is 6.49. The van der Waals surface area contributed by atoms with Gasteiger partial charge in [-0.1, -0.05) is 62.9 Å². The molecular weight excluding hydrogens is 328 g/mol. The van der Waals surface area contributed by atoms with Gasteiger partial charge in [0.25, 0.3) is 0 Å². The number of benzene rings is 1. The second kappa shape index (κ2) is 11.1. The van der Waals surface area contributed by atoms with E-state index in [1.165, 1.54) is 88.2 Å². The van der Waals surface area contributed by atoms with Crippen LogP contribution < -0.4 is 0 Å².